The molecule has 3 aliphatic rings. The summed E-state index contributed by atoms with van der Waals surface area (Å²) in [5.74, 6) is -0.204. The summed E-state index contributed by atoms with van der Waals surface area (Å²) in [5.41, 5.74) is 6.47. The molecular formula is C22H31N3O3. The first-order chi connectivity index (χ1) is 13.1. The Morgan fingerprint density at radius 1 is 1.25 bits per heavy atom. The molecule has 1 N–H and O–H groups in total. The van der Waals surface area contributed by atoms with Gasteiger partial charge < -0.3 is 9.30 Å². The molecule has 1 amide bonds. The lowest BCUT2D eigenvalue weighted by Crippen LogP contribution is -2.35. The fourth-order valence-electron chi connectivity index (χ4n) is 5.35. The Labute approximate surface area is 166 Å². The molecule has 3 fully saturated rings. The molecule has 6 heteroatoms. The number of nitrogens with one attached hydrogen (secondary N) is 1. The topological polar surface area (TPSA) is 72.7 Å². The average molecular weight is 386 g/mol. The number of rotatable bonds is 5. The Morgan fingerprint density at radius 2 is 1.96 bits per heavy atom. The summed E-state index contributed by atoms with van der Waals surface area (Å²) in [6, 6.07) is 2.36. The third-order valence-electron chi connectivity index (χ3n) is 7.78. The zero-order valence-electron chi connectivity index (χ0n) is 17.6. The van der Waals surface area contributed by atoms with E-state index >= 15 is 0 Å². The van der Waals surface area contributed by atoms with Crippen LogP contribution in [0.3, 0.4) is 0 Å². The van der Waals surface area contributed by atoms with Crippen molar-refractivity contribution >= 4 is 17.6 Å². The number of carbonyl (C=O) groups is 2. The van der Waals surface area contributed by atoms with Crippen LogP contribution in [0.25, 0.3) is 0 Å². The lowest BCUT2D eigenvalue weighted by molar-refractivity contribution is -0.124. The number of ether oxygens (including phenoxy) is 1. The van der Waals surface area contributed by atoms with Crippen molar-refractivity contribution in [3.63, 3.8) is 0 Å². The maximum absolute atomic E-state index is 12.4. The van der Waals surface area contributed by atoms with Crippen LogP contribution in [0.5, 0.6) is 0 Å². The van der Waals surface area contributed by atoms with Gasteiger partial charge in [0.15, 0.2) is 6.61 Å². The number of aromatic nitrogens is 1. The van der Waals surface area contributed by atoms with Crippen LogP contribution in [-0.2, 0) is 9.53 Å². The van der Waals surface area contributed by atoms with Crippen molar-refractivity contribution in [2.24, 2.45) is 21.8 Å². The number of hydrogen-bond donors (Lipinski definition) is 1. The second-order valence-corrected chi connectivity index (χ2v) is 9.55. The van der Waals surface area contributed by atoms with Gasteiger partial charge in [-0.3, -0.25) is 4.79 Å². The third-order valence-corrected chi connectivity index (χ3v) is 7.78. The van der Waals surface area contributed by atoms with Gasteiger partial charge in [-0.1, -0.05) is 20.8 Å². The van der Waals surface area contributed by atoms with Crippen molar-refractivity contribution in [1.82, 2.24) is 9.99 Å². The van der Waals surface area contributed by atoms with Crippen molar-refractivity contribution in [1.29, 1.82) is 0 Å². The third kappa shape index (κ3) is 2.88. The molecule has 0 aliphatic heterocycles. The van der Waals surface area contributed by atoms with Crippen LogP contribution in [0.2, 0.25) is 0 Å². The van der Waals surface area contributed by atoms with E-state index in [1.807, 2.05) is 19.9 Å². The molecule has 2 atom stereocenters. The van der Waals surface area contributed by atoms with Crippen molar-refractivity contribution in [2.45, 2.75) is 72.8 Å². The number of nitrogens with zero attached hydrogens (tertiary/aromatic N) is 2. The molecule has 28 heavy (non-hydrogen) atoms. The summed E-state index contributed by atoms with van der Waals surface area (Å²) in [6.45, 7) is 10.5. The smallest absolute Gasteiger partial charge is 0.340 e. The van der Waals surface area contributed by atoms with Crippen molar-refractivity contribution in [2.75, 3.05) is 6.61 Å². The minimum Gasteiger partial charge on any atom is -0.452 e. The lowest BCUT2D eigenvalue weighted by Gasteiger charge is -2.34. The average Bonchev–Trinajstić information content (AvgIpc) is 3.35. The second-order valence-electron chi connectivity index (χ2n) is 9.55. The summed E-state index contributed by atoms with van der Waals surface area (Å²) in [7, 11) is 0. The van der Waals surface area contributed by atoms with E-state index in [1.165, 1.54) is 6.42 Å². The molecular weight excluding hydrogens is 354 g/mol. The van der Waals surface area contributed by atoms with Crippen molar-refractivity contribution < 1.29 is 14.3 Å². The van der Waals surface area contributed by atoms with Gasteiger partial charge in [0.2, 0.25) is 0 Å². The highest BCUT2D eigenvalue weighted by atomic mass is 16.5. The predicted octanol–water partition coefficient (Wildman–Crippen LogP) is 3.92. The molecule has 4 rings (SSSR count). The van der Waals surface area contributed by atoms with Gasteiger partial charge in [-0.05, 0) is 63.4 Å². The largest absolute Gasteiger partial charge is 0.452 e. The van der Waals surface area contributed by atoms with Gasteiger partial charge in [0.1, 0.15) is 0 Å². The van der Waals surface area contributed by atoms with Crippen LogP contribution in [0.15, 0.2) is 11.2 Å². The predicted molar refractivity (Wildman–Crippen MR) is 107 cm³/mol. The summed E-state index contributed by atoms with van der Waals surface area (Å²) in [5, 5.41) is 4.41. The number of hydrazone groups is 1. The monoisotopic (exact) mass is 385 g/mol. The number of esters is 1. The number of fused-ring (bicyclic) bond motifs is 2. The lowest BCUT2D eigenvalue weighted by atomic mass is 9.70. The zero-order chi connectivity index (χ0) is 20.3. The number of amides is 1. The molecule has 0 spiro atoms. The Morgan fingerprint density at radius 3 is 2.54 bits per heavy atom. The number of hydrogen-bond acceptors (Lipinski definition) is 4. The van der Waals surface area contributed by atoms with E-state index in [0.717, 1.165) is 42.8 Å². The number of aryl methyl sites for hydroxylation is 1. The fourth-order valence-corrected chi connectivity index (χ4v) is 5.35. The van der Waals surface area contributed by atoms with Gasteiger partial charge in [0.05, 0.1) is 5.56 Å². The quantitative estimate of drug-likeness (QED) is 0.617. The van der Waals surface area contributed by atoms with Gasteiger partial charge in [-0.2, -0.15) is 5.10 Å². The molecule has 6 nitrogen and oxygen atoms in total. The summed E-state index contributed by atoms with van der Waals surface area (Å²) >= 11 is 0. The standard InChI is InChI=1S/C22H31N3O3/c1-13-10-17(14(2)25(13)16-6-7-16)20(27)28-12-19(26)24-23-18-11-15-8-9-22(18,5)21(15,3)4/h10,15-16H,6-9,11-12H2,1-5H3,(H,24,26)/b23-18+. The molecule has 0 radical (unpaired) electrons. The second kappa shape index (κ2) is 6.46. The van der Waals surface area contributed by atoms with Gasteiger partial charge >= 0.3 is 5.97 Å². The van der Waals surface area contributed by atoms with E-state index in [9.17, 15) is 9.59 Å². The first-order valence-electron chi connectivity index (χ1n) is 10.4. The SMILES string of the molecule is Cc1cc(C(=O)OCC(=O)N/N=C2\CC3CCC2(C)C3(C)C)c(C)n1C1CC1. The van der Waals surface area contributed by atoms with Crippen molar-refractivity contribution in [3.8, 4) is 0 Å². The first-order valence-corrected chi connectivity index (χ1v) is 10.4. The van der Waals surface area contributed by atoms with Crippen LogP contribution in [-0.4, -0.2) is 28.8 Å². The molecule has 1 aromatic rings. The highest BCUT2D eigenvalue weighted by molar-refractivity contribution is 5.96. The summed E-state index contributed by atoms with van der Waals surface area (Å²) < 4.78 is 7.44. The highest BCUT2D eigenvalue weighted by Crippen LogP contribution is 2.63. The summed E-state index contributed by atoms with van der Waals surface area (Å²) in [6.07, 6.45) is 5.60. The minimum atomic E-state index is -0.448. The molecule has 1 heterocycles. The van der Waals surface area contributed by atoms with E-state index in [0.29, 0.717) is 17.5 Å². The maximum atomic E-state index is 12.4. The Bertz CT molecular complexity index is 863. The van der Waals surface area contributed by atoms with Crippen LogP contribution in [0.1, 0.15) is 80.7 Å². The Kier molecular flexibility index (Phi) is 4.43. The van der Waals surface area contributed by atoms with E-state index < -0.39 is 5.97 Å². The minimum absolute atomic E-state index is 0.0436. The molecule has 2 bridgehead atoms. The molecule has 0 aromatic carbocycles. The molecule has 3 aliphatic carbocycles. The molecule has 2 unspecified atom stereocenters. The molecule has 152 valence electrons. The van der Waals surface area contributed by atoms with Gasteiger partial charge in [-0.25, -0.2) is 10.2 Å². The van der Waals surface area contributed by atoms with Gasteiger partial charge in [0, 0.05) is 28.6 Å². The zero-order valence-corrected chi connectivity index (χ0v) is 17.6. The van der Waals surface area contributed by atoms with Crippen LogP contribution >= 0.6 is 0 Å². The van der Waals surface area contributed by atoms with Gasteiger partial charge in [0.25, 0.3) is 5.91 Å². The van der Waals surface area contributed by atoms with E-state index in [2.05, 4.69) is 35.9 Å². The Balaban J connectivity index is 1.34. The van der Waals surface area contributed by atoms with Crippen molar-refractivity contribution in [3.05, 3.63) is 23.0 Å². The van der Waals surface area contributed by atoms with E-state index in [1.54, 1.807) is 0 Å². The fraction of sp³-hybridized carbons (Fsp3) is 0.682. The van der Waals surface area contributed by atoms with E-state index in [4.69, 9.17) is 4.74 Å². The maximum Gasteiger partial charge on any atom is 0.340 e. The normalized spacial score (nSPS) is 29.3. The van der Waals surface area contributed by atoms with Crippen LogP contribution in [0.4, 0.5) is 0 Å². The van der Waals surface area contributed by atoms with Gasteiger partial charge in [-0.15, -0.1) is 0 Å². The molecule has 3 saturated carbocycles. The highest BCUT2D eigenvalue weighted by Gasteiger charge is 2.60. The number of carbonyl (C=O) groups excluding carboxylic acids is 2. The first kappa shape index (κ1) is 19.2. The molecule has 0 saturated heterocycles. The van der Waals surface area contributed by atoms with E-state index in [-0.39, 0.29) is 23.3 Å². The Hall–Kier alpha value is -2.11. The summed E-state index contributed by atoms with van der Waals surface area (Å²) in [4.78, 5) is 24.6. The van der Waals surface area contributed by atoms with Crippen LogP contribution in [0, 0.1) is 30.6 Å². The molecule has 1 aromatic heterocycles. The van der Waals surface area contributed by atoms with Crippen LogP contribution < -0.4 is 5.43 Å².